The Labute approximate surface area is 138 Å². The number of primary sulfonamides is 1. The lowest BCUT2D eigenvalue weighted by atomic mass is 10.2. The maximum absolute atomic E-state index is 12.1. The molecule has 0 saturated carbocycles. The van der Waals surface area contributed by atoms with Crippen molar-refractivity contribution in [3.8, 4) is 0 Å². The summed E-state index contributed by atoms with van der Waals surface area (Å²) in [5.41, 5.74) is 0.560. The molecule has 1 aromatic heterocycles. The van der Waals surface area contributed by atoms with Crippen LogP contribution in [0, 0.1) is 6.92 Å². The summed E-state index contributed by atoms with van der Waals surface area (Å²) in [6.07, 6.45) is 0. The summed E-state index contributed by atoms with van der Waals surface area (Å²) in [4.78, 5) is 16.1. The lowest BCUT2D eigenvalue weighted by Crippen LogP contribution is -2.11. The first-order chi connectivity index (χ1) is 9.66. The smallest absolute Gasteiger partial charge is 0.257 e. The van der Waals surface area contributed by atoms with Crippen LogP contribution in [0.25, 0.3) is 0 Å². The van der Waals surface area contributed by atoms with Gasteiger partial charge in [0.1, 0.15) is 0 Å². The number of aryl methyl sites for hydroxylation is 1. The van der Waals surface area contributed by atoms with Crippen LogP contribution in [0.5, 0.6) is 0 Å². The fraction of sp³-hybridized carbons (Fsp3) is 0.0909. The average Bonchev–Trinajstić information content (AvgIpc) is 2.68. The molecule has 10 heteroatoms. The number of carbonyl (C=O) groups excluding carboxylic acids is 1. The third-order valence-corrected chi connectivity index (χ3v) is 5.66. The molecule has 3 N–H and O–H groups in total. The van der Waals surface area contributed by atoms with Crippen molar-refractivity contribution >= 4 is 59.9 Å². The van der Waals surface area contributed by atoms with Gasteiger partial charge in [-0.05, 0) is 25.1 Å². The first-order valence-corrected chi connectivity index (χ1v) is 8.98. The van der Waals surface area contributed by atoms with Crippen LogP contribution < -0.4 is 10.5 Å². The zero-order valence-electron chi connectivity index (χ0n) is 10.6. The van der Waals surface area contributed by atoms with Crippen LogP contribution in [0.4, 0.5) is 5.13 Å². The number of carbonyl (C=O) groups is 1. The van der Waals surface area contributed by atoms with Crippen molar-refractivity contribution < 1.29 is 13.2 Å². The Kier molecular flexibility index (Phi) is 4.69. The summed E-state index contributed by atoms with van der Waals surface area (Å²) in [7, 11) is -3.85. The minimum Gasteiger partial charge on any atom is -0.298 e. The van der Waals surface area contributed by atoms with Crippen LogP contribution in [0.3, 0.4) is 0 Å². The number of anilines is 1. The Hall–Kier alpha value is -1.000. The van der Waals surface area contributed by atoms with Gasteiger partial charge in [-0.2, -0.15) is 0 Å². The molecule has 1 aromatic carbocycles. The largest absolute Gasteiger partial charge is 0.298 e. The van der Waals surface area contributed by atoms with E-state index in [1.807, 2.05) is 0 Å². The van der Waals surface area contributed by atoms with Crippen LogP contribution in [-0.2, 0) is 10.0 Å². The van der Waals surface area contributed by atoms with E-state index in [2.05, 4.69) is 26.2 Å². The van der Waals surface area contributed by atoms with Crippen molar-refractivity contribution in [2.24, 2.45) is 5.14 Å². The van der Waals surface area contributed by atoms with Crippen molar-refractivity contribution in [3.63, 3.8) is 0 Å². The van der Waals surface area contributed by atoms with Crippen molar-refractivity contribution in [2.45, 2.75) is 11.1 Å². The van der Waals surface area contributed by atoms with E-state index in [9.17, 15) is 13.2 Å². The van der Waals surface area contributed by atoms with Crippen LogP contribution in [0.1, 0.15) is 16.1 Å². The standard InChI is InChI=1S/C11H9BrClN3O3S2/c1-5-10(21(14,18)19)20-11(15-5)16-9(17)6-2-7(12)4-8(13)3-6/h2-4H,1H3,(H2,14,18,19)(H,15,16,17). The van der Waals surface area contributed by atoms with Gasteiger partial charge < -0.3 is 0 Å². The Morgan fingerprint density at radius 3 is 2.62 bits per heavy atom. The number of amides is 1. The molecule has 2 aromatic rings. The molecule has 21 heavy (non-hydrogen) atoms. The number of sulfonamides is 1. The third kappa shape index (κ3) is 4.01. The zero-order chi connectivity index (χ0) is 15.8. The van der Waals surface area contributed by atoms with E-state index in [4.69, 9.17) is 16.7 Å². The van der Waals surface area contributed by atoms with Crippen LogP contribution in [0.15, 0.2) is 26.9 Å². The van der Waals surface area contributed by atoms with Crippen LogP contribution >= 0.6 is 38.9 Å². The second kappa shape index (κ2) is 6.01. The number of halogens is 2. The van der Waals surface area contributed by atoms with Crippen molar-refractivity contribution in [1.29, 1.82) is 0 Å². The highest BCUT2D eigenvalue weighted by Crippen LogP contribution is 2.27. The van der Waals surface area contributed by atoms with Gasteiger partial charge in [-0.15, -0.1) is 0 Å². The second-order valence-electron chi connectivity index (χ2n) is 4.05. The molecule has 6 nitrogen and oxygen atoms in total. The number of thiazole rings is 1. The average molecular weight is 411 g/mol. The molecular weight excluding hydrogens is 402 g/mol. The number of rotatable bonds is 3. The topological polar surface area (TPSA) is 102 Å². The third-order valence-electron chi connectivity index (χ3n) is 2.36. The summed E-state index contributed by atoms with van der Waals surface area (Å²) >= 11 is 9.90. The molecule has 0 unspecified atom stereocenters. The first kappa shape index (κ1) is 16.4. The van der Waals surface area contributed by atoms with E-state index in [1.54, 1.807) is 12.1 Å². The van der Waals surface area contributed by atoms with E-state index in [0.717, 1.165) is 11.3 Å². The highest BCUT2D eigenvalue weighted by Gasteiger charge is 2.19. The fourth-order valence-corrected chi connectivity index (χ4v) is 4.27. The molecule has 1 heterocycles. The number of hydrogen-bond donors (Lipinski definition) is 2. The Bertz CT molecular complexity index is 800. The molecule has 1 amide bonds. The molecule has 112 valence electrons. The van der Waals surface area contributed by atoms with Gasteiger partial charge in [0, 0.05) is 15.1 Å². The number of aromatic nitrogens is 1. The second-order valence-corrected chi connectivity index (χ2v) is 8.16. The van der Waals surface area contributed by atoms with Gasteiger partial charge in [-0.25, -0.2) is 18.5 Å². The van der Waals surface area contributed by atoms with Gasteiger partial charge in [-0.3, -0.25) is 10.1 Å². The van der Waals surface area contributed by atoms with E-state index in [0.29, 0.717) is 15.1 Å². The molecule has 0 aliphatic rings. The van der Waals surface area contributed by atoms with Crippen molar-refractivity contribution in [2.75, 3.05) is 5.32 Å². The van der Waals surface area contributed by atoms with E-state index < -0.39 is 15.9 Å². The number of hydrogen-bond acceptors (Lipinski definition) is 5. The SMILES string of the molecule is Cc1nc(NC(=O)c2cc(Cl)cc(Br)c2)sc1S(N)(=O)=O. The summed E-state index contributed by atoms with van der Waals surface area (Å²) in [5.74, 6) is -0.451. The predicted molar refractivity (Wildman–Crippen MR) is 85.3 cm³/mol. The van der Waals surface area contributed by atoms with Gasteiger partial charge in [0.15, 0.2) is 9.34 Å². The molecule has 0 radical (unpaired) electrons. The van der Waals surface area contributed by atoms with Gasteiger partial charge in [-0.1, -0.05) is 38.9 Å². The fourth-order valence-electron chi connectivity index (χ4n) is 1.55. The van der Waals surface area contributed by atoms with E-state index >= 15 is 0 Å². The number of nitrogens with zero attached hydrogens (tertiary/aromatic N) is 1. The molecule has 0 aliphatic heterocycles. The summed E-state index contributed by atoms with van der Waals surface area (Å²) in [6, 6.07) is 4.72. The number of nitrogens with two attached hydrogens (primary N) is 1. The molecule has 2 rings (SSSR count). The lowest BCUT2D eigenvalue weighted by Gasteiger charge is -2.03. The Morgan fingerprint density at radius 1 is 1.43 bits per heavy atom. The van der Waals surface area contributed by atoms with Crippen molar-refractivity contribution in [1.82, 2.24) is 4.98 Å². The molecule has 0 bridgehead atoms. The van der Waals surface area contributed by atoms with Crippen LogP contribution in [0.2, 0.25) is 5.02 Å². The van der Waals surface area contributed by atoms with Gasteiger partial charge in [0.2, 0.25) is 10.0 Å². The summed E-state index contributed by atoms with van der Waals surface area (Å²) < 4.78 is 23.2. The minimum absolute atomic E-state index is 0.0786. The van der Waals surface area contributed by atoms with E-state index in [-0.39, 0.29) is 15.0 Å². The molecule has 0 spiro atoms. The number of nitrogens with one attached hydrogen (secondary N) is 1. The molecule has 0 fully saturated rings. The summed E-state index contributed by atoms with van der Waals surface area (Å²) in [6.45, 7) is 1.50. The summed E-state index contributed by atoms with van der Waals surface area (Å²) in [5, 5.41) is 8.12. The van der Waals surface area contributed by atoms with E-state index in [1.165, 1.54) is 13.0 Å². The Morgan fingerprint density at radius 2 is 2.10 bits per heavy atom. The van der Waals surface area contributed by atoms with Gasteiger partial charge in [0.25, 0.3) is 5.91 Å². The van der Waals surface area contributed by atoms with Crippen molar-refractivity contribution in [3.05, 3.63) is 39.0 Å². The molecule has 0 saturated heterocycles. The normalized spacial score (nSPS) is 11.4. The predicted octanol–water partition coefficient (Wildman–Crippen LogP) is 2.77. The van der Waals surface area contributed by atoms with Gasteiger partial charge in [0.05, 0.1) is 5.69 Å². The lowest BCUT2D eigenvalue weighted by molar-refractivity contribution is 0.102. The highest BCUT2D eigenvalue weighted by molar-refractivity contribution is 9.10. The molecule has 0 aliphatic carbocycles. The minimum atomic E-state index is -3.85. The molecular formula is C11H9BrClN3O3S2. The zero-order valence-corrected chi connectivity index (χ0v) is 14.5. The maximum Gasteiger partial charge on any atom is 0.257 e. The highest BCUT2D eigenvalue weighted by atomic mass is 79.9. The maximum atomic E-state index is 12.1. The van der Waals surface area contributed by atoms with Crippen LogP contribution in [-0.4, -0.2) is 19.3 Å². The first-order valence-electron chi connectivity index (χ1n) is 5.44. The number of benzene rings is 1. The monoisotopic (exact) mass is 409 g/mol. The Balaban J connectivity index is 2.28. The van der Waals surface area contributed by atoms with Gasteiger partial charge >= 0.3 is 0 Å². The molecule has 0 atom stereocenters. The quantitative estimate of drug-likeness (QED) is 0.812.